The van der Waals surface area contributed by atoms with E-state index in [1.165, 1.54) is 0 Å². The number of aryl methyl sites for hydroxylation is 1. The highest BCUT2D eigenvalue weighted by atomic mass is 16.5. The molecule has 0 radical (unpaired) electrons. The Balaban J connectivity index is 2.41. The smallest absolute Gasteiger partial charge is 0.220 e. The summed E-state index contributed by atoms with van der Waals surface area (Å²) in [6, 6.07) is 8.09. The third-order valence-corrected chi connectivity index (χ3v) is 2.79. The van der Waals surface area contributed by atoms with Crippen molar-refractivity contribution in [3.8, 4) is 5.75 Å². The van der Waals surface area contributed by atoms with Crippen molar-refractivity contribution in [3.05, 3.63) is 29.8 Å². The molecule has 94 valence electrons. The molecule has 0 aliphatic carbocycles. The van der Waals surface area contributed by atoms with Gasteiger partial charge < -0.3 is 10.1 Å². The van der Waals surface area contributed by atoms with Crippen molar-refractivity contribution in [2.75, 3.05) is 7.11 Å². The molecule has 0 bridgehead atoms. The summed E-state index contributed by atoms with van der Waals surface area (Å²) < 4.78 is 5.14. The maximum Gasteiger partial charge on any atom is 0.220 e. The topological polar surface area (TPSA) is 38.3 Å². The molecule has 0 saturated carbocycles. The highest BCUT2D eigenvalue weighted by Crippen LogP contribution is 2.13. The van der Waals surface area contributed by atoms with Gasteiger partial charge in [-0.25, -0.2) is 0 Å². The van der Waals surface area contributed by atoms with E-state index in [9.17, 15) is 4.79 Å². The van der Waals surface area contributed by atoms with Gasteiger partial charge in [0.1, 0.15) is 5.75 Å². The number of hydrogen-bond acceptors (Lipinski definition) is 2. The van der Waals surface area contributed by atoms with Gasteiger partial charge in [0, 0.05) is 12.5 Å². The normalized spacial score (nSPS) is 11.9. The number of nitrogens with one attached hydrogen (secondary N) is 1. The Morgan fingerprint density at radius 3 is 2.88 bits per heavy atom. The average molecular weight is 235 g/mol. The monoisotopic (exact) mass is 235 g/mol. The number of benzene rings is 1. The van der Waals surface area contributed by atoms with Crippen molar-refractivity contribution in [1.29, 1.82) is 0 Å². The summed E-state index contributed by atoms with van der Waals surface area (Å²) in [6.07, 6.45) is 2.24. The first-order valence-corrected chi connectivity index (χ1v) is 6.08. The number of carbonyl (C=O) groups is 1. The zero-order valence-corrected chi connectivity index (χ0v) is 10.8. The number of hydrogen-bond donors (Lipinski definition) is 1. The lowest BCUT2D eigenvalue weighted by molar-refractivity contribution is -0.121. The van der Waals surface area contributed by atoms with E-state index in [-0.39, 0.29) is 11.9 Å². The Morgan fingerprint density at radius 1 is 1.47 bits per heavy atom. The first-order valence-electron chi connectivity index (χ1n) is 6.08. The van der Waals surface area contributed by atoms with E-state index in [2.05, 4.69) is 12.2 Å². The van der Waals surface area contributed by atoms with Crippen LogP contribution in [0.1, 0.15) is 32.3 Å². The summed E-state index contributed by atoms with van der Waals surface area (Å²) in [5.41, 5.74) is 1.13. The third-order valence-electron chi connectivity index (χ3n) is 2.79. The van der Waals surface area contributed by atoms with Gasteiger partial charge in [0.05, 0.1) is 7.11 Å². The summed E-state index contributed by atoms with van der Waals surface area (Å²) in [7, 11) is 1.65. The van der Waals surface area contributed by atoms with Crippen molar-refractivity contribution in [2.45, 2.75) is 39.2 Å². The molecule has 0 heterocycles. The van der Waals surface area contributed by atoms with Crippen LogP contribution in [0.2, 0.25) is 0 Å². The minimum Gasteiger partial charge on any atom is -0.497 e. The molecule has 0 aliphatic rings. The first-order chi connectivity index (χ1) is 8.15. The second-order valence-electron chi connectivity index (χ2n) is 4.23. The standard InChI is InChI=1S/C14H21NO2/c1-4-11(2)15-14(16)9-8-12-6-5-7-13(10-12)17-3/h5-7,10-11H,4,8-9H2,1-3H3,(H,15,16). The van der Waals surface area contributed by atoms with Crippen LogP contribution < -0.4 is 10.1 Å². The Morgan fingerprint density at radius 2 is 2.24 bits per heavy atom. The van der Waals surface area contributed by atoms with Crippen LogP contribution in [0.25, 0.3) is 0 Å². The fraction of sp³-hybridized carbons (Fsp3) is 0.500. The van der Waals surface area contributed by atoms with E-state index >= 15 is 0 Å². The quantitative estimate of drug-likeness (QED) is 0.823. The Labute approximate surface area is 103 Å². The van der Waals surface area contributed by atoms with Gasteiger partial charge in [0.2, 0.25) is 5.91 Å². The molecular weight excluding hydrogens is 214 g/mol. The minimum atomic E-state index is 0.113. The maximum atomic E-state index is 11.6. The second kappa shape index (κ2) is 6.94. The molecule has 1 aromatic carbocycles. The third kappa shape index (κ3) is 4.89. The SMILES string of the molecule is CCC(C)NC(=O)CCc1cccc(OC)c1. The van der Waals surface area contributed by atoms with Gasteiger partial charge in [-0.2, -0.15) is 0 Å². The van der Waals surface area contributed by atoms with Crippen LogP contribution in [-0.4, -0.2) is 19.1 Å². The van der Waals surface area contributed by atoms with Crippen LogP contribution in [0.4, 0.5) is 0 Å². The van der Waals surface area contributed by atoms with Crippen LogP contribution in [-0.2, 0) is 11.2 Å². The molecule has 1 N–H and O–H groups in total. The van der Waals surface area contributed by atoms with E-state index in [0.29, 0.717) is 6.42 Å². The fourth-order valence-corrected chi connectivity index (χ4v) is 1.53. The summed E-state index contributed by atoms with van der Waals surface area (Å²) >= 11 is 0. The second-order valence-corrected chi connectivity index (χ2v) is 4.23. The lowest BCUT2D eigenvalue weighted by Crippen LogP contribution is -2.31. The zero-order valence-electron chi connectivity index (χ0n) is 10.8. The summed E-state index contributed by atoms with van der Waals surface area (Å²) in [6.45, 7) is 4.08. The molecule has 0 saturated heterocycles. The van der Waals surface area contributed by atoms with Crippen molar-refractivity contribution >= 4 is 5.91 Å². The van der Waals surface area contributed by atoms with E-state index in [4.69, 9.17) is 4.74 Å². The zero-order chi connectivity index (χ0) is 12.7. The molecule has 0 aromatic heterocycles. The highest BCUT2D eigenvalue weighted by Gasteiger charge is 2.05. The van der Waals surface area contributed by atoms with Gasteiger partial charge in [0.25, 0.3) is 0 Å². The molecule has 1 unspecified atom stereocenters. The summed E-state index contributed by atoms with van der Waals surface area (Å²) in [5, 5.41) is 2.96. The van der Waals surface area contributed by atoms with E-state index in [0.717, 1.165) is 24.2 Å². The fourth-order valence-electron chi connectivity index (χ4n) is 1.53. The largest absolute Gasteiger partial charge is 0.497 e. The molecule has 1 aromatic rings. The molecule has 1 rings (SSSR count). The van der Waals surface area contributed by atoms with Gasteiger partial charge in [0.15, 0.2) is 0 Å². The van der Waals surface area contributed by atoms with Crippen LogP contribution >= 0.6 is 0 Å². The van der Waals surface area contributed by atoms with E-state index in [1.807, 2.05) is 31.2 Å². The molecule has 3 heteroatoms. The minimum absolute atomic E-state index is 0.113. The van der Waals surface area contributed by atoms with Crippen molar-refractivity contribution in [2.24, 2.45) is 0 Å². The Bertz CT molecular complexity index is 363. The van der Waals surface area contributed by atoms with E-state index < -0.39 is 0 Å². The van der Waals surface area contributed by atoms with Gasteiger partial charge >= 0.3 is 0 Å². The van der Waals surface area contributed by atoms with Crippen LogP contribution in [0, 0.1) is 0 Å². The first kappa shape index (κ1) is 13.6. The Hall–Kier alpha value is -1.51. The molecule has 1 atom stereocenters. The predicted molar refractivity (Wildman–Crippen MR) is 69.2 cm³/mol. The Kier molecular flexibility index (Phi) is 5.53. The number of methoxy groups -OCH3 is 1. The molecule has 0 aliphatic heterocycles. The number of rotatable bonds is 6. The predicted octanol–water partition coefficient (Wildman–Crippen LogP) is 2.54. The van der Waals surface area contributed by atoms with Gasteiger partial charge in [-0.05, 0) is 37.5 Å². The number of ether oxygens (including phenoxy) is 1. The van der Waals surface area contributed by atoms with Gasteiger partial charge in [-0.15, -0.1) is 0 Å². The number of carbonyl (C=O) groups excluding carboxylic acids is 1. The molecule has 0 spiro atoms. The van der Waals surface area contributed by atoms with Crippen molar-refractivity contribution < 1.29 is 9.53 Å². The van der Waals surface area contributed by atoms with Gasteiger partial charge in [-0.3, -0.25) is 4.79 Å². The average Bonchev–Trinajstić information content (AvgIpc) is 2.36. The van der Waals surface area contributed by atoms with Crippen molar-refractivity contribution in [1.82, 2.24) is 5.32 Å². The lowest BCUT2D eigenvalue weighted by Gasteiger charge is -2.11. The highest BCUT2D eigenvalue weighted by molar-refractivity contribution is 5.76. The van der Waals surface area contributed by atoms with Gasteiger partial charge in [-0.1, -0.05) is 19.1 Å². The molecule has 1 amide bonds. The van der Waals surface area contributed by atoms with Crippen LogP contribution in [0.3, 0.4) is 0 Å². The molecule has 3 nitrogen and oxygen atoms in total. The number of amides is 1. The summed E-state index contributed by atoms with van der Waals surface area (Å²) in [4.78, 5) is 11.6. The van der Waals surface area contributed by atoms with Crippen molar-refractivity contribution in [3.63, 3.8) is 0 Å². The molecular formula is C14H21NO2. The lowest BCUT2D eigenvalue weighted by atomic mass is 10.1. The van der Waals surface area contributed by atoms with Crippen LogP contribution in [0.5, 0.6) is 5.75 Å². The molecule has 0 fully saturated rings. The molecule has 17 heavy (non-hydrogen) atoms. The van der Waals surface area contributed by atoms with Crippen LogP contribution in [0.15, 0.2) is 24.3 Å². The maximum absolute atomic E-state index is 11.6. The van der Waals surface area contributed by atoms with E-state index in [1.54, 1.807) is 7.11 Å². The summed E-state index contributed by atoms with van der Waals surface area (Å²) in [5.74, 6) is 0.951.